The Kier molecular flexibility index (Phi) is 5.01. The van der Waals surface area contributed by atoms with Crippen LogP contribution in [0.5, 0.6) is 5.75 Å². The zero-order chi connectivity index (χ0) is 16.9. The molecule has 0 aliphatic carbocycles. The summed E-state index contributed by atoms with van der Waals surface area (Å²) < 4.78 is 5.19. The molecule has 0 fully saturated rings. The van der Waals surface area contributed by atoms with Crippen LogP contribution in [0.4, 0.5) is 11.5 Å². The quantitative estimate of drug-likeness (QED) is 0.698. The summed E-state index contributed by atoms with van der Waals surface area (Å²) in [6, 6.07) is 11.8. The minimum absolute atomic E-state index is 0.662. The molecule has 2 N–H and O–H groups in total. The van der Waals surface area contributed by atoms with Gasteiger partial charge in [-0.25, -0.2) is 0 Å². The van der Waals surface area contributed by atoms with E-state index in [9.17, 15) is 0 Å². The van der Waals surface area contributed by atoms with Crippen molar-refractivity contribution in [3.8, 4) is 5.75 Å². The monoisotopic (exact) mass is 342 g/mol. The average Bonchev–Trinajstić information content (AvgIpc) is 2.60. The maximum Gasteiger partial charge on any atom is 0.158 e. The summed E-state index contributed by atoms with van der Waals surface area (Å²) in [5.41, 5.74) is 2.08. The molecule has 0 saturated carbocycles. The van der Waals surface area contributed by atoms with Gasteiger partial charge in [-0.3, -0.25) is 0 Å². The highest BCUT2D eigenvalue weighted by Crippen LogP contribution is 2.32. The Morgan fingerprint density at radius 1 is 1.12 bits per heavy atom. The van der Waals surface area contributed by atoms with Crippen LogP contribution in [0.3, 0.4) is 0 Å². The topological polar surface area (TPSA) is 59.1 Å². The summed E-state index contributed by atoms with van der Waals surface area (Å²) in [6.45, 7) is 3.47. The fraction of sp³-hybridized carbons (Fsp3) is 0.222. The van der Waals surface area contributed by atoms with Crippen molar-refractivity contribution in [1.29, 1.82) is 0 Å². The third kappa shape index (κ3) is 3.51. The van der Waals surface area contributed by atoms with Crippen LogP contribution in [0.25, 0.3) is 10.8 Å². The number of methoxy groups -OCH3 is 1. The van der Waals surface area contributed by atoms with Crippen LogP contribution in [0.2, 0.25) is 5.02 Å². The number of anilines is 2. The SMILES string of the molecule is CCNc1nncc2cc(Cl)cc(NCc3ccc(OC)cc3)c12. The summed E-state index contributed by atoms with van der Waals surface area (Å²) in [6.07, 6.45) is 1.72. The summed E-state index contributed by atoms with van der Waals surface area (Å²) in [7, 11) is 1.66. The molecule has 6 heteroatoms. The van der Waals surface area contributed by atoms with Crippen molar-refractivity contribution in [2.24, 2.45) is 0 Å². The Morgan fingerprint density at radius 2 is 1.92 bits per heavy atom. The highest BCUT2D eigenvalue weighted by atomic mass is 35.5. The second-order valence-electron chi connectivity index (χ2n) is 5.34. The van der Waals surface area contributed by atoms with E-state index in [1.54, 1.807) is 13.3 Å². The van der Waals surface area contributed by atoms with E-state index in [1.807, 2.05) is 43.3 Å². The third-order valence-corrected chi connectivity index (χ3v) is 3.93. The minimum atomic E-state index is 0.662. The van der Waals surface area contributed by atoms with Crippen molar-refractivity contribution in [2.45, 2.75) is 13.5 Å². The third-order valence-electron chi connectivity index (χ3n) is 3.71. The first-order chi connectivity index (χ1) is 11.7. The Morgan fingerprint density at radius 3 is 2.62 bits per heavy atom. The maximum atomic E-state index is 6.25. The van der Waals surface area contributed by atoms with E-state index >= 15 is 0 Å². The molecule has 0 atom stereocenters. The number of hydrogen-bond donors (Lipinski definition) is 2. The van der Waals surface area contributed by atoms with Gasteiger partial charge in [-0.2, -0.15) is 5.10 Å². The lowest BCUT2D eigenvalue weighted by Crippen LogP contribution is -2.05. The molecule has 3 aromatic rings. The average molecular weight is 343 g/mol. The van der Waals surface area contributed by atoms with Crippen LogP contribution in [0, 0.1) is 0 Å². The minimum Gasteiger partial charge on any atom is -0.497 e. The molecule has 3 rings (SSSR count). The van der Waals surface area contributed by atoms with Crippen molar-refractivity contribution in [2.75, 3.05) is 24.3 Å². The maximum absolute atomic E-state index is 6.25. The molecule has 0 bridgehead atoms. The highest BCUT2D eigenvalue weighted by molar-refractivity contribution is 6.32. The second-order valence-corrected chi connectivity index (χ2v) is 5.78. The zero-order valence-corrected chi connectivity index (χ0v) is 14.4. The molecule has 24 heavy (non-hydrogen) atoms. The van der Waals surface area contributed by atoms with E-state index < -0.39 is 0 Å². The van der Waals surface area contributed by atoms with Crippen molar-refractivity contribution in [3.63, 3.8) is 0 Å². The molecule has 0 unspecified atom stereocenters. The number of nitrogens with one attached hydrogen (secondary N) is 2. The molecule has 0 spiro atoms. The van der Waals surface area contributed by atoms with E-state index in [1.165, 1.54) is 0 Å². The fourth-order valence-corrected chi connectivity index (χ4v) is 2.79. The molecule has 0 aliphatic heterocycles. The van der Waals surface area contributed by atoms with Gasteiger partial charge < -0.3 is 15.4 Å². The van der Waals surface area contributed by atoms with Crippen LogP contribution < -0.4 is 15.4 Å². The summed E-state index contributed by atoms with van der Waals surface area (Å²) in [5, 5.41) is 17.5. The van der Waals surface area contributed by atoms with Gasteiger partial charge in [-0.1, -0.05) is 23.7 Å². The first-order valence-electron chi connectivity index (χ1n) is 7.77. The molecular weight excluding hydrogens is 324 g/mol. The number of ether oxygens (including phenoxy) is 1. The van der Waals surface area contributed by atoms with Crippen LogP contribution in [0.1, 0.15) is 12.5 Å². The van der Waals surface area contributed by atoms with Gasteiger partial charge in [-0.15, -0.1) is 5.10 Å². The van der Waals surface area contributed by atoms with Gasteiger partial charge in [0.2, 0.25) is 0 Å². The van der Waals surface area contributed by atoms with Crippen molar-refractivity contribution >= 4 is 33.9 Å². The van der Waals surface area contributed by atoms with Crippen LogP contribution in [-0.2, 0) is 6.54 Å². The Bertz CT molecular complexity index is 836. The summed E-state index contributed by atoms with van der Waals surface area (Å²) in [4.78, 5) is 0. The van der Waals surface area contributed by atoms with Crippen LogP contribution in [-0.4, -0.2) is 23.9 Å². The molecule has 0 radical (unpaired) electrons. The molecule has 2 aromatic carbocycles. The predicted octanol–water partition coefficient (Wildman–Crippen LogP) is 4.34. The molecule has 124 valence electrons. The van der Waals surface area contributed by atoms with Crippen molar-refractivity contribution in [3.05, 3.63) is 53.2 Å². The van der Waals surface area contributed by atoms with Gasteiger partial charge in [-0.05, 0) is 36.8 Å². The number of nitrogens with zero attached hydrogens (tertiary/aromatic N) is 2. The lowest BCUT2D eigenvalue weighted by atomic mass is 10.1. The summed E-state index contributed by atoms with van der Waals surface area (Å²) >= 11 is 6.25. The van der Waals surface area contributed by atoms with Gasteiger partial charge in [0, 0.05) is 29.2 Å². The number of rotatable bonds is 6. The van der Waals surface area contributed by atoms with E-state index in [-0.39, 0.29) is 0 Å². The molecule has 1 aromatic heterocycles. The second kappa shape index (κ2) is 7.36. The largest absolute Gasteiger partial charge is 0.497 e. The van der Waals surface area contributed by atoms with Crippen molar-refractivity contribution < 1.29 is 4.74 Å². The molecule has 0 amide bonds. The van der Waals surface area contributed by atoms with Crippen molar-refractivity contribution in [1.82, 2.24) is 10.2 Å². The first kappa shape index (κ1) is 16.3. The van der Waals surface area contributed by atoms with Gasteiger partial charge >= 0.3 is 0 Å². The Hall–Kier alpha value is -2.53. The molecule has 1 heterocycles. The molecule has 0 saturated heterocycles. The van der Waals surface area contributed by atoms with Crippen LogP contribution >= 0.6 is 11.6 Å². The smallest absolute Gasteiger partial charge is 0.158 e. The standard InChI is InChI=1S/C18H19ClN4O/c1-3-20-18-17-13(11-22-23-18)8-14(19)9-16(17)21-10-12-4-6-15(24-2)7-5-12/h4-9,11,21H,3,10H2,1-2H3,(H,20,23). The van der Waals surface area contributed by atoms with E-state index in [0.717, 1.165) is 40.1 Å². The number of hydrogen-bond acceptors (Lipinski definition) is 5. The molecule has 0 aliphatic rings. The summed E-state index contributed by atoms with van der Waals surface area (Å²) in [5.74, 6) is 1.60. The molecular formula is C18H19ClN4O. The van der Waals surface area contributed by atoms with Gasteiger partial charge in [0.1, 0.15) is 5.75 Å². The molecule has 5 nitrogen and oxygen atoms in total. The van der Waals surface area contributed by atoms with E-state index in [0.29, 0.717) is 11.6 Å². The highest BCUT2D eigenvalue weighted by Gasteiger charge is 2.10. The predicted molar refractivity (Wildman–Crippen MR) is 99.0 cm³/mol. The Labute approximate surface area is 146 Å². The lowest BCUT2D eigenvalue weighted by molar-refractivity contribution is 0.414. The number of aromatic nitrogens is 2. The van der Waals surface area contributed by atoms with Gasteiger partial charge in [0.15, 0.2) is 5.82 Å². The Balaban J connectivity index is 1.92. The lowest BCUT2D eigenvalue weighted by Gasteiger charge is -2.14. The van der Waals surface area contributed by atoms with Gasteiger partial charge in [0.05, 0.1) is 18.7 Å². The number of benzene rings is 2. The fourth-order valence-electron chi connectivity index (χ4n) is 2.56. The first-order valence-corrected chi connectivity index (χ1v) is 8.14. The number of fused-ring (bicyclic) bond motifs is 1. The number of halogens is 1. The van der Waals surface area contributed by atoms with E-state index in [4.69, 9.17) is 16.3 Å². The van der Waals surface area contributed by atoms with E-state index in [2.05, 4.69) is 20.8 Å². The zero-order valence-electron chi connectivity index (χ0n) is 13.6. The van der Waals surface area contributed by atoms with Gasteiger partial charge in [0.25, 0.3) is 0 Å². The normalized spacial score (nSPS) is 10.6. The van der Waals surface area contributed by atoms with Crippen LogP contribution in [0.15, 0.2) is 42.6 Å².